The maximum absolute atomic E-state index is 10.6. The number of anilines is 2. The van der Waals surface area contributed by atoms with Gasteiger partial charge in [-0.3, -0.25) is 10.1 Å². The van der Waals surface area contributed by atoms with Crippen LogP contribution in [0.1, 0.15) is 0 Å². The first-order valence-electron chi connectivity index (χ1n) is 6.04. The molecular formula is C15H14N2O3. The fourth-order valence-corrected chi connectivity index (χ4v) is 1.62. The maximum atomic E-state index is 10.6. The van der Waals surface area contributed by atoms with E-state index in [0.29, 0.717) is 6.61 Å². The van der Waals surface area contributed by atoms with Crippen LogP contribution in [0.2, 0.25) is 0 Å². The third-order valence-electron chi connectivity index (χ3n) is 2.59. The van der Waals surface area contributed by atoms with Crippen LogP contribution in [0.3, 0.4) is 0 Å². The first kappa shape index (κ1) is 13.6. The van der Waals surface area contributed by atoms with Gasteiger partial charge in [-0.05, 0) is 36.4 Å². The molecule has 5 heteroatoms. The van der Waals surface area contributed by atoms with E-state index in [9.17, 15) is 10.1 Å². The zero-order chi connectivity index (χ0) is 14.4. The molecule has 0 saturated heterocycles. The molecule has 5 nitrogen and oxygen atoms in total. The second-order valence-corrected chi connectivity index (χ2v) is 4.05. The molecule has 0 fully saturated rings. The van der Waals surface area contributed by atoms with Crippen molar-refractivity contribution in [2.24, 2.45) is 0 Å². The third kappa shape index (κ3) is 3.58. The molecule has 0 aromatic heterocycles. The minimum atomic E-state index is -0.421. The highest BCUT2D eigenvalue weighted by atomic mass is 16.6. The lowest BCUT2D eigenvalue weighted by atomic mass is 10.2. The Hall–Kier alpha value is -2.82. The van der Waals surface area contributed by atoms with Crippen molar-refractivity contribution in [1.29, 1.82) is 0 Å². The second kappa shape index (κ2) is 6.38. The van der Waals surface area contributed by atoms with Gasteiger partial charge in [-0.1, -0.05) is 12.7 Å². The summed E-state index contributed by atoms with van der Waals surface area (Å²) in [6.07, 6.45) is 1.68. The zero-order valence-corrected chi connectivity index (χ0v) is 10.8. The molecule has 0 heterocycles. The van der Waals surface area contributed by atoms with Crippen molar-refractivity contribution in [3.8, 4) is 5.75 Å². The number of nitrogens with zero attached hydrogens (tertiary/aromatic N) is 1. The molecule has 0 bridgehead atoms. The Bertz CT molecular complexity index is 592. The molecule has 0 saturated carbocycles. The highest BCUT2D eigenvalue weighted by molar-refractivity contribution is 5.61. The highest BCUT2D eigenvalue weighted by Crippen LogP contribution is 2.22. The Labute approximate surface area is 116 Å². The minimum absolute atomic E-state index is 0.0729. The number of hydrogen-bond donors (Lipinski definition) is 1. The summed E-state index contributed by atoms with van der Waals surface area (Å²) >= 11 is 0. The van der Waals surface area contributed by atoms with E-state index in [1.165, 1.54) is 12.1 Å². The molecule has 0 radical (unpaired) electrons. The normalized spacial score (nSPS) is 9.80. The lowest BCUT2D eigenvalue weighted by Crippen LogP contribution is -1.94. The lowest BCUT2D eigenvalue weighted by Gasteiger charge is -2.08. The summed E-state index contributed by atoms with van der Waals surface area (Å²) in [5, 5.41) is 13.7. The molecular weight excluding hydrogens is 256 g/mol. The summed E-state index contributed by atoms with van der Waals surface area (Å²) in [4.78, 5) is 10.1. The molecule has 0 amide bonds. The van der Waals surface area contributed by atoms with Crippen LogP contribution in [-0.2, 0) is 0 Å². The summed E-state index contributed by atoms with van der Waals surface area (Å²) in [5.74, 6) is 0.763. The maximum Gasteiger partial charge on any atom is 0.269 e. The summed E-state index contributed by atoms with van der Waals surface area (Å²) in [6.45, 7) is 4.05. The summed E-state index contributed by atoms with van der Waals surface area (Å²) in [6, 6.07) is 13.7. The Balaban J connectivity index is 2.02. The third-order valence-corrected chi connectivity index (χ3v) is 2.59. The summed E-state index contributed by atoms with van der Waals surface area (Å²) in [5.41, 5.74) is 1.74. The van der Waals surface area contributed by atoms with Gasteiger partial charge in [0.2, 0.25) is 0 Å². The number of nitrogens with one attached hydrogen (secondary N) is 1. The fourth-order valence-electron chi connectivity index (χ4n) is 1.62. The van der Waals surface area contributed by atoms with Gasteiger partial charge >= 0.3 is 0 Å². The Morgan fingerprint density at radius 2 is 1.65 bits per heavy atom. The molecule has 2 aromatic rings. The smallest absolute Gasteiger partial charge is 0.269 e. The SMILES string of the molecule is C=CCOc1ccc(Nc2ccc([N+](=O)[O-])cc2)cc1. The number of ether oxygens (including phenoxy) is 1. The quantitative estimate of drug-likeness (QED) is 0.491. The van der Waals surface area contributed by atoms with Crippen LogP contribution in [0.4, 0.5) is 17.1 Å². The van der Waals surface area contributed by atoms with Crippen LogP contribution in [0, 0.1) is 10.1 Å². The minimum Gasteiger partial charge on any atom is -0.490 e. The van der Waals surface area contributed by atoms with Crippen LogP contribution in [0.5, 0.6) is 5.75 Å². The molecule has 0 aliphatic heterocycles. The molecule has 0 aliphatic rings. The van der Waals surface area contributed by atoms with Gasteiger partial charge in [-0.25, -0.2) is 0 Å². The van der Waals surface area contributed by atoms with Gasteiger partial charge in [0.1, 0.15) is 12.4 Å². The second-order valence-electron chi connectivity index (χ2n) is 4.05. The number of benzene rings is 2. The Kier molecular flexibility index (Phi) is 4.34. The van der Waals surface area contributed by atoms with E-state index >= 15 is 0 Å². The van der Waals surface area contributed by atoms with Crippen LogP contribution in [0.25, 0.3) is 0 Å². The van der Waals surface area contributed by atoms with Crippen molar-refractivity contribution in [1.82, 2.24) is 0 Å². The molecule has 2 rings (SSSR count). The lowest BCUT2D eigenvalue weighted by molar-refractivity contribution is -0.384. The van der Waals surface area contributed by atoms with Crippen LogP contribution < -0.4 is 10.1 Å². The van der Waals surface area contributed by atoms with Crippen LogP contribution in [-0.4, -0.2) is 11.5 Å². The van der Waals surface area contributed by atoms with Crippen molar-refractivity contribution < 1.29 is 9.66 Å². The number of non-ortho nitro benzene ring substituents is 1. The molecule has 102 valence electrons. The average Bonchev–Trinajstić information content (AvgIpc) is 2.47. The van der Waals surface area contributed by atoms with Gasteiger partial charge in [0.15, 0.2) is 0 Å². The van der Waals surface area contributed by atoms with Gasteiger partial charge in [0.25, 0.3) is 5.69 Å². The van der Waals surface area contributed by atoms with E-state index in [1.54, 1.807) is 18.2 Å². The van der Waals surface area contributed by atoms with E-state index in [2.05, 4.69) is 11.9 Å². The van der Waals surface area contributed by atoms with Crippen molar-refractivity contribution in [3.05, 3.63) is 71.3 Å². The summed E-state index contributed by atoms with van der Waals surface area (Å²) < 4.78 is 5.38. The molecule has 0 unspecified atom stereocenters. The molecule has 1 N–H and O–H groups in total. The van der Waals surface area contributed by atoms with Crippen LogP contribution >= 0.6 is 0 Å². The van der Waals surface area contributed by atoms with E-state index in [0.717, 1.165) is 17.1 Å². The van der Waals surface area contributed by atoms with Gasteiger partial charge in [-0.15, -0.1) is 0 Å². The first-order chi connectivity index (χ1) is 9.69. The molecule has 0 aliphatic carbocycles. The predicted molar refractivity (Wildman–Crippen MR) is 78.5 cm³/mol. The number of nitro benzene ring substituents is 1. The van der Waals surface area contributed by atoms with Gasteiger partial charge in [0, 0.05) is 23.5 Å². The van der Waals surface area contributed by atoms with Crippen molar-refractivity contribution >= 4 is 17.1 Å². The number of rotatable bonds is 6. The average molecular weight is 270 g/mol. The fraction of sp³-hybridized carbons (Fsp3) is 0.0667. The Morgan fingerprint density at radius 3 is 2.15 bits per heavy atom. The summed E-state index contributed by atoms with van der Waals surface area (Å²) in [7, 11) is 0. The van der Waals surface area contributed by atoms with Crippen molar-refractivity contribution in [2.75, 3.05) is 11.9 Å². The largest absolute Gasteiger partial charge is 0.490 e. The standard InChI is InChI=1S/C15H14N2O3/c1-2-11-20-15-9-5-13(6-10-15)16-12-3-7-14(8-4-12)17(18)19/h2-10,16H,1,11H2. The van der Waals surface area contributed by atoms with Crippen molar-refractivity contribution in [3.63, 3.8) is 0 Å². The van der Waals surface area contributed by atoms with Gasteiger partial charge in [0.05, 0.1) is 4.92 Å². The molecule has 20 heavy (non-hydrogen) atoms. The monoisotopic (exact) mass is 270 g/mol. The van der Waals surface area contributed by atoms with Gasteiger partial charge < -0.3 is 10.1 Å². The Morgan fingerprint density at radius 1 is 1.10 bits per heavy atom. The van der Waals surface area contributed by atoms with Crippen molar-refractivity contribution in [2.45, 2.75) is 0 Å². The predicted octanol–water partition coefficient (Wildman–Crippen LogP) is 3.90. The van der Waals surface area contributed by atoms with E-state index < -0.39 is 4.92 Å². The number of hydrogen-bond acceptors (Lipinski definition) is 4. The van der Waals surface area contributed by atoms with Gasteiger partial charge in [-0.2, -0.15) is 0 Å². The molecule has 0 atom stereocenters. The van der Waals surface area contributed by atoms with E-state index in [4.69, 9.17) is 4.74 Å². The number of nitro groups is 1. The zero-order valence-electron chi connectivity index (χ0n) is 10.8. The van der Waals surface area contributed by atoms with E-state index in [-0.39, 0.29) is 5.69 Å². The first-order valence-corrected chi connectivity index (χ1v) is 6.04. The van der Waals surface area contributed by atoms with E-state index in [1.807, 2.05) is 24.3 Å². The molecule has 0 spiro atoms. The van der Waals surface area contributed by atoms with Crippen LogP contribution in [0.15, 0.2) is 61.2 Å². The molecule has 2 aromatic carbocycles. The topological polar surface area (TPSA) is 64.4 Å². The highest BCUT2D eigenvalue weighted by Gasteiger charge is 2.03.